The quantitative estimate of drug-likeness (QED) is 0.0900. The second kappa shape index (κ2) is 21.1. The molecule has 10 heteroatoms. The van der Waals surface area contributed by atoms with Crippen molar-refractivity contribution in [1.29, 1.82) is 0 Å². The number of ether oxygens (including phenoxy) is 6. The fraction of sp³-hybridized carbons (Fsp3) is 0.429. The second-order valence-corrected chi connectivity index (χ2v) is 12.9. The smallest absolute Gasteiger partial charge is 0.160 e. The van der Waals surface area contributed by atoms with E-state index < -0.39 is 12.2 Å². The molecule has 2 N–H and O–H groups in total. The fourth-order valence-electron chi connectivity index (χ4n) is 5.84. The van der Waals surface area contributed by atoms with Gasteiger partial charge in [0.2, 0.25) is 0 Å². The highest BCUT2D eigenvalue weighted by atomic mass is 16.5. The Bertz CT molecular complexity index is 1530. The van der Waals surface area contributed by atoms with Gasteiger partial charge in [-0.25, -0.2) is 0 Å². The summed E-state index contributed by atoms with van der Waals surface area (Å²) < 4.78 is 33.5. The summed E-state index contributed by atoms with van der Waals surface area (Å²) in [5.74, 6) is 4.25. The van der Waals surface area contributed by atoms with E-state index in [1.54, 1.807) is 28.4 Å². The van der Waals surface area contributed by atoms with Crippen LogP contribution in [0.5, 0.6) is 34.5 Å². The predicted octanol–water partition coefficient (Wildman–Crippen LogP) is 6.37. The normalized spacial score (nSPS) is 12.4. The second-order valence-electron chi connectivity index (χ2n) is 12.9. The van der Waals surface area contributed by atoms with Crippen molar-refractivity contribution in [1.82, 2.24) is 9.80 Å². The van der Waals surface area contributed by atoms with E-state index >= 15 is 0 Å². The van der Waals surface area contributed by atoms with Crippen LogP contribution in [0.25, 0.3) is 0 Å². The van der Waals surface area contributed by atoms with Crippen molar-refractivity contribution < 1.29 is 38.6 Å². The van der Waals surface area contributed by atoms with E-state index in [-0.39, 0.29) is 0 Å². The van der Waals surface area contributed by atoms with E-state index in [0.717, 1.165) is 59.9 Å². The van der Waals surface area contributed by atoms with Crippen LogP contribution in [0, 0.1) is 0 Å². The fourth-order valence-corrected chi connectivity index (χ4v) is 5.84. The highest BCUT2D eigenvalue weighted by Gasteiger charge is 2.13. The van der Waals surface area contributed by atoms with Gasteiger partial charge < -0.3 is 48.4 Å². The zero-order chi connectivity index (χ0) is 37.3. The lowest BCUT2D eigenvalue weighted by Gasteiger charge is -2.22. The minimum absolute atomic E-state index is 0.547. The van der Waals surface area contributed by atoms with Crippen molar-refractivity contribution >= 4 is 0 Å². The lowest BCUT2D eigenvalue weighted by Crippen LogP contribution is -2.34. The summed E-state index contributed by atoms with van der Waals surface area (Å²) in [6.45, 7) is 4.41. The maximum atomic E-state index is 10.9. The number of rotatable bonds is 23. The van der Waals surface area contributed by atoms with E-state index in [4.69, 9.17) is 28.4 Å². The first kappa shape index (κ1) is 40.3. The van der Waals surface area contributed by atoms with Gasteiger partial charge in [0.05, 0.1) is 40.6 Å². The lowest BCUT2D eigenvalue weighted by molar-refractivity contribution is 0.166. The molecular weight excluding hydrogens is 660 g/mol. The minimum Gasteiger partial charge on any atom is -0.493 e. The van der Waals surface area contributed by atoms with Crippen LogP contribution in [0.1, 0.15) is 47.3 Å². The third-order valence-corrected chi connectivity index (χ3v) is 9.14. The number of benzene rings is 4. The zero-order valence-electron chi connectivity index (χ0n) is 31.5. The Morgan fingerprint density at radius 3 is 1.29 bits per heavy atom. The predicted molar refractivity (Wildman–Crippen MR) is 205 cm³/mol. The van der Waals surface area contributed by atoms with Crippen LogP contribution < -0.4 is 28.4 Å². The summed E-state index contributed by atoms with van der Waals surface area (Å²) in [6, 6.07) is 27.1. The highest BCUT2D eigenvalue weighted by Crippen LogP contribution is 2.31. The lowest BCUT2D eigenvalue weighted by atomic mass is 10.0. The number of methoxy groups -OCH3 is 4. The Morgan fingerprint density at radius 1 is 0.500 bits per heavy atom. The maximum Gasteiger partial charge on any atom is 0.160 e. The van der Waals surface area contributed by atoms with Crippen LogP contribution in [0.15, 0.2) is 84.9 Å². The van der Waals surface area contributed by atoms with Crippen LogP contribution in [-0.2, 0) is 12.8 Å². The molecule has 0 bridgehead atoms. The Labute approximate surface area is 309 Å². The molecule has 4 rings (SSSR count). The summed E-state index contributed by atoms with van der Waals surface area (Å²) in [5.41, 5.74) is 3.83. The molecule has 0 aromatic heterocycles. The molecule has 4 aromatic carbocycles. The molecule has 52 heavy (non-hydrogen) atoms. The molecular formula is C42H56N2O8. The molecule has 0 fully saturated rings. The van der Waals surface area contributed by atoms with Gasteiger partial charge in [0.15, 0.2) is 23.0 Å². The third-order valence-electron chi connectivity index (χ3n) is 9.14. The van der Waals surface area contributed by atoms with Gasteiger partial charge >= 0.3 is 0 Å². The SMILES string of the molecule is COc1ccc(CC[C@@H](O)c2cccc(OCCN(C)CCN(C)CCOc3cccc([C@H](O)CCc4ccc(OC)c(OC)c4)c3)c2)cc1OC. The van der Waals surface area contributed by atoms with Crippen LogP contribution in [-0.4, -0.2) is 102 Å². The number of aliphatic hydroxyl groups excluding tert-OH is 2. The molecule has 0 spiro atoms. The molecule has 0 aliphatic heterocycles. The minimum atomic E-state index is -0.601. The summed E-state index contributed by atoms with van der Waals surface area (Å²) in [7, 11) is 10.7. The van der Waals surface area contributed by atoms with Crippen molar-refractivity contribution in [3.63, 3.8) is 0 Å². The van der Waals surface area contributed by atoms with E-state index in [0.29, 0.717) is 61.9 Å². The van der Waals surface area contributed by atoms with E-state index in [1.165, 1.54) is 0 Å². The van der Waals surface area contributed by atoms with Crippen molar-refractivity contribution in [2.75, 3.05) is 81.9 Å². The molecule has 0 saturated carbocycles. The van der Waals surface area contributed by atoms with E-state index in [2.05, 4.69) is 23.9 Å². The summed E-state index contributed by atoms with van der Waals surface area (Å²) in [5, 5.41) is 21.7. The first-order valence-corrected chi connectivity index (χ1v) is 17.8. The van der Waals surface area contributed by atoms with Gasteiger partial charge in [-0.15, -0.1) is 0 Å². The Morgan fingerprint density at radius 2 is 0.904 bits per heavy atom. The number of aliphatic hydroxyl groups is 2. The monoisotopic (exact) mass is 716 g/mol. The van der Waals surface area contributed by atoms with Gasteiger partial charge in [0.1, 0.15) is 24.7 Å². The Kier molecular flexibility index (Phi) is 16.4. The number of nitrogens with zero attached hydrogens (tertiary/aromatic N) is 2. The average molecular weight is 717 g/mol. The van der Waals surface area contributed by atoms with Crippen molar-refractivity contribution in [2.24, 2.45) is 0 Å². The number of hydrogen-bond acceptors (Lipinski definition) is 10. The molecule has 10 nitrogen and oxygen atoms in total. The first-order chi connectivity index (χ1) is 25.2. The van der Waals surface area contributed by atoms with Gasteiger partial charge in [-0.1, -0.05) is 36.4 Å². The standard InChI is InChI=1S/C42H56N2O8/c1-43(23-25-51-35-11-7-9-33(29-35)37(45)17-13-31-15-19-39(47-3)41(27-31)49-5)21-22-44(2)24-26-52-36-12-8-10-34(30-36)38(46)18-14-32-16-20-40(48-4)42(28-32)50-6/h7-12,15-16,19-20,27-30,37-38,45-46H,13-14,17-18,21-26H2,1-6H3/t37-,38-/m1/s1. The average Bonchev–Trinajstić information content (AvgIpc) is 3.18. The molecule has 0 radical (unpaired) electrons. The topological polar surface area (TPSA) is 102 Å². The molecule has 0 heterocycles. The van der Waals surface area contributed by atoms with E-state index in [1.807, 2.05) is 84.9 Å². The molecule has 0 amide bonds. The number of likely N-dealkylation sites (N-methyl/N-ethyl adjacent to an activating group) is 2. The van der Waals surface area contributed by atoms with Crippen LogP contribution in [0.2, 0.25) is 0 Å². The van der Waals surface area contributed by atoms with Crippen LogP contribution in [0.4, 0.5) is 0 Å². The number of hydrogen-bond donors (Lipinski definition) is 2. The van der Waals surface area contributed by atoms with Gasteiger partial charge in [0, 0.05) is 26.2 Å². The molecule has 0 aliphatic rings. The zero-order valence-corrected chi connectivity index (χ0v) is 31.5. The van der Waals surface area contributed by atoms with E-state index in [9.17, 15) is 10.2 Å². The van der Waals surface area contributed by atoms with Crippen LogP contribution in [0.3, 0.4) is 0 Å². The number of aryl methyl sites for hydroxylation is 2. The summed E-state index contributed by atoms with van der Waals surface area (Å²) >= 11 is 0. The molecule has 0 unspecified atom stereocenters. The maximum absolute atomic E-state index is 10.9. The Hall–Kier alpha value is -4.48. The largest absolute Gasteiger partial charge is 0.493 e. The Balaban J connectivity index is 1.11. The summed E-state index contributed by atoms with van der Waals surface area (Å²) in [6.07, 6.45) is 1.38. The third kappa shape index (κ3) is 12.6. The van der Waals surface area contributed by atoms with Gasteiger partial charge in [-0.2, -0.15) is 0 Å². The van der Waals surface area contributed by atoms with Crippen molar-refractivity contribution in [2.45, 2.75) is 37.9 Å². The molecule has 0 aliphatic carbocycles. The van der Waals surface area contributed by atoms with Gasteiger partial charge in [0.25, 0.3) is 0 Å². The summed E-state index contributed by atoms with van der Waals surface area (Å²) in [4.78, 5) is 4.48. The molecule has 4 aromatic rings. The molecule has 2 atom stereocenters. The van der Waals surface area contributed by atoms with Gasteiger partial charge in [-0.3, -0.25) is 0 Å². The van der Waals surface area contributed by atoms with Crippen molar-refractivity contribution in [3.05, 3.63) is 107 Å². The van der Waals surface area contributed by atoms with Crippen molar-refractivity contribution in [3.8, 4) is 34.5 Å². The molecule has 0 saturated heterocycles. The van der Waals surface area contributed by atoms with Crippen LogP contribution >= 0.6 is 0 Å². The highest BCUT2D eigenvalue weighted by molar-refractivity contribution is 5.44. The van der Waals surface area contributed by atoms with Gasteiger partial charge in [-0.05, 0) is 111 Å². The molecule has 282 valence electrons. The first-order valence-electron chi connectivity index (χ1n) is 17.8.